The van der Waals surface area contributed by atoms with Gasteiger partial charge in [-0.3, -0.25) is 14.9 Å². The number of hydrogen-bond donors (Lipinski definition) is 1. The topological polar surface area (TPSA) is 105 Å². The van der Waals surface area contributed by atoms with Gasteiger partial charge in [-0.15, -0.1) is 0 Å². The quantitative estimate of drug-likeness (QED) is 0.152. The molecule has 0 fully saturated rings. The molecular formula is C28H21N3O4. The molecule has 172 valence electrons. The first-order valence-corrected chi connectivity index (χ1v) is 10.8. The van der Waals surface area contributed by atoms with Gasteiger partial charge in [-0.05, 0) is 52.6 Å². The normalized spacial score (nSPS) is 11.0. The van der Waals surface area contributed by atoms with Crippen LogP contribution in [0.1, 0.15) is 16.7 Å². The lowest BCUT2D eigenvalue weighted by atomic mass is 10.1. The van der Waals surface area contributed by atoms with E-state index in [2.05, 4.69) is 23.5 Å². The first kappa shape index (κ1) is 23.2. The Hall–Kier alpha value is -4.96. The minimum atomic E-state index is -0.646. The lowest BCUT2D eigenvalue weighted by Crippen LogP contribution is -2.14. The monoisotopic (exact) mass is 463 g/mol. The number of nitro groups is 1. The number of rotatable bonds is 7. The van der Waals surface area contributed by atoms with Gasteiger partial charge in [-0.1, -0.05) is 60.7 Å². The molecular weight excluding hydrogens is 442 g/mol. The van der Waals surface area contributed by atoms with Crippen molar-refractivity contribution in [2.24, 2.45) is 0 Å². The Morgan fingerprint density at radius 3 is 2.54 bits per heavy atom. The predicted octanol–water partition coefficient (Wildman–Crippen LogP) is 6.18. The number of carbonyl (C=O) groups excluding carboxylic acids is 1. The van der Waals surface area contributed by atoms with E-state index in [0.29, 0.717) is 23.5 Å². The van der Waals surface area contributed by atoms with E-state index in [9.17, 15) is 20.2 Å². The number of nitro benzene ring substituents is 1. The Morgan fingerprint density at radius 1 is 1.06 bits per heavy atom. The highest BCUT2D eigenvalue weighted by Gasteiger charge is 2.14. The number of non-ortho nitro benzene ring substituents is 1. The Labute approximate surface area is 202 Å². The van der Waals surface area contributed by atoms with Gasteiger partial charge in [0, 0.05) is 12.1 Å². The van der Waals surface area contributed by atoms with Crippen LogP contribution in [-0.4, -0.2) is 10.8 Å². The number of nitrogens with zero attached hydrogens (tertiary/aromatic N) is 2. The van der Waals surface area contributed by atoms with E-state index in [1.807, 2.05) is 30.3 Å². The highest BCUT2D eigenvalue weighted by molar-refractivity contribution is 6.10. The lowest BCUT2D eigenvalue weighted by Gasteiger charge is -2.10. The number of benzene rings is 4. The number of anilines is 1. The molecule has 7 heteroatoms. The van der Waals surface area contributed by atoms with E-state index < -0.39 is 10.8 Å². The van der Waals surface area contributed by atoms with Gasteiger partial charge in [-0.2, -0.15) is 5.26 Å². The molecule has 1 amide bonds. The maximum Gasteiger partial charge on any atom is 0.271 e. The maximum atomic E-state index is 12.6. The number of ether oxygens (including phenoxy) is 1. The first-order valence-electron chi connectivity index (χ1n) is 10.8. The highest BCUT2D eigenvalue weighted by atomic mass is 16.6. The fourth-order valence-corrected chi connectivity index (χ4v) is 3.60. The van der Waals surface area contributed by atoms with Crippen molar-refractivity contribution >= 4 is 34.1 Å². The number of nitrogens with one attached hydrogen (secondary N) is 1. The van der Waals surface area contributed by atoms with Crippen LogP contribution in [0, 0.1) is 28.4 Å². The molecule has 0 bridgehead atoms. The van der Waals surface area contributed by atoms with Crippen molar-refractivity contribution < 1.29 is 14.5 Å². The van der Waals surface area contributed by atoms with Crippen LogP contribution < -0.4 is 10.1 Å². The highest BCUT2D eigenvalue weighted by Crippen LogP contribution is 2.24. The second kappa shape index (κ2) is 10.3. The maximum absolute atomic E-state index is 12.6. The Kier molecular flexibility index (Phi) is 6.84. The minimum absolute atomic E-state index is 0.125. The fraction of sp³-hybridized carbons (Fsp3) is 0.0714. The van der Waals surface area contributed by atoms with Gasteiger partial charge in [0.05, 0.1) is 10.6 Å². The second-order valence-corrected chi connectivity index (χ2v) is 7.88. The van der Waals surface area contributed by atoms with Crippen LogP contribution in [0.4, 0.5) is 11.4 Å². The molecule has 0 saturated heterocycles. The molecule has 0 aliphatic rings. The lowest BCUT2D eigenvalue weighted by molar-refractivity contribution is -0.384. The van der Waals surface area contributed by atoms with Gasteiger partial charge in [0.1, 0.15) is 24.0 Å². The number of aryl methyl sites for hydroxylation is 1. The van der Waals surface area contributed by atoms with Crippen LogP contribution in [-0.2, 0) is 11.4 Å². The molecule has 4 aromatic rings. The number of fused-ring (bicyclic) bond motifs is 1. The van der Waals surface area contributed by atoms with E-state index in [0.717, 1.165) is 16.3 Å². The van der Waals surface area contributed by atoms with E-state index >= 15 is 0 Å². The van der Waals surface area contributed by atoms with Gasteiger partial charge in [0.15, 0.2) is 0 Å². The summed E-state index contributed by atoms with van der Waals surface area (Å²) < 4.78 is 5.94. The number of carbonyl (C=O) groups is 1. The van der Waals surface area contributed by atoms with Crippen LogP contribution in [0.2, 0.25) is 0 Å². The smallest absolute Gasteiger partial charge is 0.271 e. The summed E-state index contributed by atoms with van der Waals surface area (Å²) in [7, 11) is 0. The van der Waals surface area contributed by atoms with Crippen molar-refractivity contribution in [3.05, 3.63) is 117 Å². The minimum Gasteiger partial charge on any atom is -0.489 e. The average molecular weight is 463 g/mol. The largest absolute Gasteiger partial charge is 0.489 e. The van der Waals surface area contributed by atoms with Gasteiger partial charge < -0.3 is 10.1 Å². The van der Waals surface area contributed by atoms with Gasteiger partial charge >= 0.3 is 0 Å². The summed E-state index contributed by atoms with van der Waals surface area (Å²) in [5.41, 5.74) is 2.38. The van der Waals surface area contributed by atoms with Crippen molar-refractivity contribution in [2.45, 2.75) is 13.5 Å². The molecule has 0 saturated carbocycles. The van der Waals surface area contributed by atoms with Crippen molar-refractivity contribution in [3.8, 4) is 11.8 Å². The summed E-state index contributed by atoms with van der Waals surface area (Å²) >= 11 is 0. The third-order valence-corrected chi connectivity index (χ3v) is 5.51. The molecule has 4 rings (SSSR count). The second-order valence-electron chi connectivity index (χ2n) is 7.88. The summed E-state index contributed by atoms with van der Waals surface area (Å²) in [5.74, 6) is 0.0117. The number of hydrogen-bond acceptors (Lipinski definition) is 5. The predicted molar refractivity (Wildman–Crippen MR) is 135 cm³/mol. The fourth-order valence-electron chi connectivity index (χ4n) is 3.60. The van der Waals surface area contributed by atoms with E-state index in [1.165, 1.54) is 18.2 Å². The van der Waals surface area contributed by atoms with Crippen LogP contribution in [0.3, 0.4) is 0 Å². The zero-order chi connectivity index (χ0) is 24.8. The van der Waals surface area contributed by atoms with Gasteiger partial charge in [0.2, 0.25) is 0 Å². The van der Waals surface area contributed by atoms with Crippen LogP contribution in [0.5, 0.6) is 5.75 Å². The van der Waals surface area contributed by atoms with Crippen LogP contribution >= 0.6 is 0 Å². The van der Waals surface area contributed by atoms with Crippen LogP contribution in [0.25, 0.3) is 16.8 Å². The molecule has 0 aromatic heterocycles. The van der Waals surface area contributed by atoms with Crippen molar-refractivity contribution in [1.29, 1.82) is 5.26 Å². The zero-order valence-corrected chi connectivity index (χ0v) is 18.9. The van der Waals surface area contributed by atoms with Crippen molar-refractivity contribution in [1.82, 2.24) is 0 Å². The summed E-state index contributed by atoms with van der Waals surface area (Å²) in [6.07, 6.45) is 1.45. The SMILES string of the molecule is Cc1ccc([N+](=O)[O-])cc1NC(=O)/C(C#N)=C/c1ccc(OCc2cccc3ccccc23)cc1. The molecule has 7 nitrogen and oxygen atoms in total. The average Bonchev–Trinajstić information content (AvgIpc) is 2.87. The van der Waals surface area contributed by atoms with Crippen molar-refractivity contribution in [2.75, 3.05) is 5.32 Å². The Balaban J connectivity index is 1.45. The third kappa shape index (κ3) is 5.52. The van der Waals surface area contributed by atoms with E-state index in [-0.39, 0.29) is 16.9 Å². The Morgan fingerprint density at radius 2 is 1.80 bits per heavy atom. The van der Waals surface area contributed by atoms with E-state index in [4.69, 9.17) is 4.74 Å². The first-order chi connectivity index (χ1) is 16.9. The molecule has 0 spiro atoms. The van der Waals surface area contributed by atoms with Gasteiger partial charge in [0.25, 0.3) is 11.6 Å². The summed E-state index contributed by atoms with van der Waals surface area (Å²) in [6, 6.07) is 27.3. The zero-order valence-electron chi connectivity index (χ0n) is 18.9. The summed E-state index contributed by atoms with van der Waals surface area (Å²) in [5, 5.41) is 25.4. The molecule has 0 unspecified atom stereocenters. The third-order valence-electron chi connectivity index (χ3n) is 5.51. The summed E-state index contributed by atoms with van der Waals surface area (Å²) in [6.45, 7) is 2.12. The number of amides is 1. The molecule has 0 aliphatic carbocycles. The molecule has 35 heavy (non-hydrogen) atoms. The molecule has 0 aliphatic heterocycles. The molecule has 1 N–H and O–H groups in total. The number of nitriles is 1. The molecule has 0 heterocycles. The van der Waals surface area contributed by atoms with E-state index in [1.54, 1.807) is 37.3 Å². The molecule has 0 atom stereocenters. The summed E-state index contributed by atoms with van der Waals surface area (Å²) in [4.78, 5) is 23.1. The Bertz CT molecular complexity index is 1480. The van der Waals surface area contributed by atoms with Crippen molar-refractivity contribution in [3.63, 3.8) is 0 Å². The van der Waals surface area contributed by atoms with Crippen LogP contribution in [0.15, 0.2) is 90.5 Å². The molecule has 4 aromatic carbocycles. The standard InChI is InChI=1S/C28H21N3O4/c1-19-9-12-24(31(33)34)16-27(19)30-28(32)23(17-29)15-20-10-13-25(14-11-20)35-18-22-7-4-6-21-5-2-3-8-26(21)22/h2-16H,18H2,1H3,(H,30,32)/b23-15+. The van der Waals surface area contributed by atoms with Gasteiger partial charge in [-0.25, -0.2) is 0 Å². The molecule has 0 radical (unpaired) electrons.